The van der Waals surface area contributed by atoms with Crippen molar-refractivity contribution >= 4 is 0 Å². The molecule has 0 saturated carbocycles. The first kappa shape index (κ1) is 9.64. The van der Waals surface area contributed by atoms with E-state index < -0.39 is 6.10 Å². The van der Waals surface area contributed by atoms with E-state index in [1.54, 1.807) is 0 Å². The molecular formula is C9H14N2O3. The molecule has 1 aromatic rings. The first-order valence-corrected chi connectivity index (χ1v) is 4.67. The average molecular weight is 198 g/mol. The Labute approximate surface area is 82.0 Å². The number of hydrogen-bond acceptors (Lipinski definition) is 5. The summed E-state index contributed by atoms with van der Waals surface area (Å²) < 4.78 is 10.0. The second-order valence-electron chi connectivity index (χ2n) is 3.52. The van der Waals surface area contributed by atoms with Crippen LogP contribution in [0.15, 0.2) is 10.6 Å². The normalized spacial score (nSPS) is 27.0. The molecule has 14 heavy (non-hydrogen) atoms. The van der Waals surface area contributed by atoms with Gasteiger partial charge in [0.25, 0.3) is 0 Å². The Kier molecular flexibility index (Phi) is 2.81. The van der Waals surface area contributed by atoms with Gasteiger partial charge < -0.3 is 19.7 Å². The van der Waals surface area contributed by atoms with E-state index >= 15 is 0 Å². The highest BCUT2D eigenvalue weighted by Crippen LogP contribution is 2.07. The SMILES string of the molecule is Cc1cc(CNC2COCC2O)no1. The maximum absolute atomic E-state index is 9.44. The highest BCUT2D eigenvalue weighted by Gasteiger charge is 2.25. The number of aliphatic hydroxyl groups is 1. The first-order valence-electron chi connectivity index (χ1n) is 4.67. The molecule has 0 aromatic carbocycles. The van der Waals surface area contributed by atoms with Gasteiger partial charge in [-0.1, -0.05) is 5.16 Å². The van der Waals surface area contributed by atoms with Crippen molar-refractivity contribution in [3.05, 3.63) is 17.5 Å². The monoisotopic (exact) mass is 198 g/mol. The Morgan fingerprint density at radius 3 is 3.07 bits per heavy atom. The third-order valence-corrected chi connectivity index (χ3v) is 2.27. The van der Waals surface area contributed by atoms with Gasteiger partial charge in [0, 0.05) is 12.6 Å². The molecule has 2 N–H and O–H groups in total. The molecule has 2 unspecified atom stereocenters. The summed E-state index contributed by atoms with van der Waals surface area (Å²) in [6, 6.07) is 1.88. The number of aryl methyl sites for hydroxylation is 1. The molecule has 0 aliphatic carbocycles. The van der Waals surface area contributed by atoms with E-state index in [0.29, 0.717) is 19.8 Å². The van der Waals surface area contributed by atoms with Crippen LogP contribution in [0.1, 0.15) is 11.5 Å². The Hall–Kier alpha value is -0.910. The quantitative estimate of drug-likeness (QED) is 0.706. The van der Waals surface area contributed by atoms with Crippen molar-refractivity contribution < 1.29 is 14.4 Å². The molecule has 1 fully saturated rings. The molecule has 1 aliphatic rings. The van der Waals surface area contributed by atoms with E-state index in [1.807, 2.05) is 13.0 Å². The van der Waals surface area contributed by atoms with E-state index in [4.69, 9.17) is 9.26 Å². The highest BCUT2D eigenvalue weighted by molar-refractivity contribution is 5.03. The van der Waals surface area contributed by atoms with Crippen molar-refractivity contribution in [2.24, 2.45) is 0 Å². The molecule has 0 spiro atoms. The Bertz CT molecular complexity index is 300. The number of aromatic nitrogens is 1. The van der Waals surface area contributed by atoms with E-state index in [2.05, 4.69) is 10.5 Å². The zero-order valence-electron chi connectivity index (χ0n) is 8.06. The molecule has 1 saturated heterocycles. The molecule has 0 bridgehead atoms. The lowest BCUT2D eigenvalue weighted by atomic mass is 10.2. The molecule has 2 heterocycles. The van der Waals surface area contributed by atoms with E-state index in [1.165, 1.54) is 0 Å². The van der Waals surface area contributed by atoms with Gasteiger partial charge >= 0.3 is 0 Å². The van der Waals surface area contributed by atoms with Crippen molar-refractivity contribution in [2.75, 3.05) is 13.2 Å². The molecule has 2 atom stereocenters. The molecule has 1 aromatic heterocycles. The average Bonchev–Trinajstić information content (AvgIpc) is 2.72. The van der Waals surface area contributed by atoms with E-state index in [-0.39, 0.29) is 6.04 Å². The third-order valence-electron chi connectivity index (χ3n) is 2.27. The summed E-state index contributed by atoms with van der Waals surface area (Å²) in [7, 11) is 0. The summed E-state index contributed by atoms with van der Waals surface area (Å²) in [4.78, 5) is 0. The molecule has 0 radical (unpaired) electrons. The van der Waals surface area contributed by atoms with Crippen LogP contribution in [-0.4, -0.2) is 35.6 Å². The van der Waals surface area contributed by atoms with Gasteiger partial charge in [0.05, 0.1) is 31.1 Å². The lowest BCUT2D eigenvalue weighted by Gasteiger charge is -2.12. The molecule has 2 rings (SSSR count). The fourth-order valence-electron chi connectivity index (χ4n) is 1.47. The van der Waals surface area contributed by atoms with Gasteiger partial charge in [0.2, 0.25) is 0 Å². The summed E-state index contributed by atoms with van der Waals surface area (Å²) in [6.07, 6.45) is -0.414. The Morgan fingerprint density at radius 1 is 1.64 bits per heavy atom. The molecule has 78 valence electrons. The van der Waals surface area contributed by atoms with E-state index in [0.717, 1.165) is 11.5 Å². The van der Waals surface area contributed by atoms with Crippen LogP contribution < -0.4 is 5.32 Å². The topological polar surface area (TPSA) is 67.5 Å². The Balaban J connectivity index is 1.82. The van der Waals surface area contributed by atoms with Crippen LogP contribution in [0.3, 0.4) is 0 Å². The van der Waals surface area contributed by atoms with Crippen molar-refractivity contribution in [1.29, 1.82) is 0 Å². The van der Waals surface area contributed by atoms with Crippen molar-refractivity contribution in [2.45, 2.75) is 25.6 Å². The minimum absolute atomic E-state index is 0.00649. The number of hydrogen-bond donors (Lipinski definition) is 2. The number of nitrogens with zero attached hydrogens (tertiary/aromatic N) is 1. The maximum atomic E-state index is 9.44. The Morgan fingerprint density at radius 2 is 2.50 bits per heavy atom. The van der Waals surface area contributed by atoms with Crippen molar-refractivity contribution in [3.63, 3.8) is 0 Å². The van der Waals surface area contributed by atoms with Gasteiger partial charge in [-0.15, -0.1) is 0 Å². The van der Waals surface area contributed by atoms with E-state index in [9.17, 15) is 5.11 Å². The summed E-state index contributed by atoms with van der Waals surface area (Å²) in [6.45, 7) is 3.42. The van der Waals surface area contributed by atoms with Crippen LogP contribution in [0.25, 0.3) is 0 Å². The van der Waals surface area contributed by atoms with Crippen molar-refractivity contribution in [3.8, 4) is 0 Å². The van der Waals surface area contributed by atoms with Gasteiger partial charge in [-0.25, -0.2) is 0 Å². The summed E-state index contributed by atoms with van der Waals surface area (Å²) in [5.74, 6) is 0.796. The predicted octanol–water partition coefficient (Wildman–Crippen LogP) is -0.168. The molecule has 5 heteroatoms. The number of aliphatic hydroxyl groups excluding tert-OH is 1. The smallest absolute Gasteiger partial charge is 0.133 e. The van der Waals surface area contributed by atoms with Crippen LogP contribution in [0.4, 0.5) is 0 Å². The summed E-state index contributed by atoms with van der Waals surface area (Å²) in [5.41, 5.74) is 0.849. The zero-order chi connectivity index (χ0) is 9.97. The maximum Gasteiger partial charge on any atom is 0.133 e. The largest absolute Gasteiger partial charge is 0.389 e. The molecule has 1 aliphatic heterocycles. The van der Waals surface area contributed by atoms with Crippen LogP contribution in [0, 0.1) is 6.92 Å². The van der Waals surface area contributed by atoms with Crippen molar-refractivity contribution in [1.82, 2.24) is 10.5 Å². The number of rotatable bonds is 3. The third kappa shape index (κ3) is 2.12. The zero-order valence-corrected chi connectivity index (χ0v) is 8.06. The first-order chi connectivity index (χ1) is 6.75. The fourth-order valence-corrected chi connectivity index (χ4v) is 1.47. The molecular weight excluding hydrogens is 184 g/mol. The number of ether oxygens (including phenoxy) is 1. The van der Waals surface area contributed by atoms with Gasteiger partial charge in [-0.2, -0.15) is 0 Å². The fraction of sp³-hybridized carbons (Fsp3) is 0.667. The number of nitrogens with one attached hydrogen (secondary N) is 1. The van der Waals surface area contributed by atoms with Crippen LogP contribution in [-0.2, 0) is 11.3 Å². The minimum atomic E-state index is -0.414. The second kappa shape index (κ2) is 4.08. The van der Waals surface area contributed by atoms with Gasteiger partial charge in [-0.3, -0.25) is 0 Å². The predicted molar refractivity (Wildman–Crippen MR) is 48.7 cm³/mol. The lowest BCUT2D eigenvalue weighted by molar-refractivity contribution is 0.122. The molecule has 0 amide bonds. The van der Waals surface area contributed by atoms with Crippen LogP contribution >= 0.6 is 0 Å². The highest BCUT2D eigenvalue weighted by atomic mass is 16.5. The molecule has 5 nitrogen and oxygen atoms in total. The van der Waals surface area contributed by atoms with Crippen LogP contribution in [0.2, 0.25) is 0 Å². The minimum Gasteiger partial charge on any atom is -0.389 e. The van der Waals surface area contributed by atoms with Gasteiger partial charge in [0.15, 0.2) is 0 Å². The standard InChI is InChI=1S/C9H14N2O3/c1-6-2-7(11-14-6)3-10-8-4-13-5-9(8)12/h2,8-10,12H,3-5H2,1H3. The van der Waals surface area contributed by atoms with Gasteiger partial charge in [0.1, 0.15) is 5.76 Å². The second-order valence-corrected chi connectivity index (χ2v) is 3.52. The summed E-state index contributed by atoms with van der Waals surface area (Å²) in [5, 5.41) is 16.4. The van der Waals surface area contributed by atoms with Gasteiger partial charge in [-0.05, 0) is 6.92 Å². The summed E-state index contributed by atoms with van der Waals surface area (Å²) >= 11 is 0. The van der Waals surface area contributed by atoms with Crippen LogP contribution in [0.5, 0.6) is 0 Å². The lowest BCUT2D eigenvalue weighted by Crippen LogP contribution is -2.38.